The summed E-state index contributed by atoms with van der Waals surface area (Å²) in [6.07, 6.45) is 0.819. The summed E-state index contributed by atoms with van der Waals surface area (Å²) in [7, 11) is 1.60. The first-order chi connectivity index (χ1) is 14.6. The monoisotopic (exact) mass is 424 g/mol. The molecule has 1 N–H and O–H groups in total. The van der Waals surface area contributed by atoms with Gasteiger partial charge < -0.3 is 15.0 Å². The third-order valence-corrected chi connectivity index (χ3v) is 6.32. The van der Waals surface area contributed by atoms with E-state index in [-0.39, 0.29) is 17.7 Å². The van der Waals surface area contributed by atoms with E-state index >= 15 is 0 Å². The lowest BCUT2D eigenvalue weighted by molar-refractivity contribution is 0.0794. The van der Waals surface area contributed by atoms with E-state index in [9.17, 15) is 9.59 Å². The maximum atomic E-state index is 12.8. The Hall–Kier alpha value is -2.84. The van der Waals surface area contributed by atoms with E-state index in [1.807, 2.05) is 42.2 Å². The molecular weight excluding hydrogens is 400 g/mol. The molecule has 2 aromatic heterocycles. The van der Waals surface area contributed by atoms with Gasteiger partial charge in [0.15, 0.2) is 0 Å². The molecule has 0 radical (unpaired) electrons. The molecule has 2 amide bonds. The molecule has 1 unspecified atom stereocenters. The minimum Gasteiger partial charge on any atom is -0.383 e. The lowest BCUT2D eigenvalue weighted by atomic mass is 9.99. The Labute approximate surface area is 179 Å². The Morgan fingerprint density at radius 3 is 2.93 bits per heavy atom. The number of likely N-dealkylation sites (tertiary alicyclic amines) is 1. The summed E-state index contributed by atoms with van der Waals surface area (Å²) in [5, 5.41) is 3.72. The number of amides is 2. The second kappa shape index (κ2) is 8.89. The van der Waals surface area contributed by atoms with E-state index < -0.39 is 0 Å². The smallest absolute Gasteiger partial charge is 0.265 e. The van der Waals surface area contributed by atoms with Gasteiger partial charge in [0.2, 0.25) is 0 Å². The first-order valence-electron chi connectivity index (χ1n) is 9.94. The van der Waals surface area contributed by atoms with Crippen LogP contribution >= 0.6 is 11.3 Å². The molecule has 4 rings (SSSR count). The number of ether oxygens (including phenoxy) is 1. The number of nitrogens with zero attached hydrogens (tertiary/aromatic N) is 3. The number of methoxy groups -OCH3 is 1. The largest absolute Gasteiger partial charge is 0.383 e. The van der Waals surface area contributed by atoms with Gasteiger partial charge in [0.25, 0.3) is 11.8 Å². The number of aromatic nitrogens is 2. The lowest BCUT2D eigenvalue weighted by Gasteiger charge is -2.17. The summed E-state index contributed by atoms with van der Waals surface area (Å²) < 4.78 is 5.03. The second-order valence-corrected chi connectivity index (χ2v) is 8.22. The third kappa shape index (κ3) is 4.06. The maximum absolute atomic E-state index is 12.8. The van der Waals surface area contributed by atoms with Crippen LogP contribution in [-0.4, -0.2) is 60.0 Å². The van der Waals surface area contributed by atoms with Crippen molar-refractivity contribution in [3.8, 4) is 0 Å². The first-order valence-corrected chi connectivity index (χ1v) is 10.8. The molecule has 1 fully saturated rings. The normalized spacial score (nSPS) is 16.2. The molecule has 0 bridgehead atoms. The number of carbonyl (C=O) groups is 2. The van der Waals surface area contributed by atoms with Crippen molar-refractivity contribution in [1.82, 2.24) is 20.2 Å². The fourth-order valence-corrected chi connectivity index (χ4v) is 4.56. The molecule has 8 heteroatoms. The predicted molar refractivity (Wildman–Crippen MR) is 116 cm³/mol. The van der Waals surface area contributed by atoms with E-state index in [4.69, 9.17) is 9.72 Å². The third-order valence-electron chi connectivity index (χ3n) is 5.41. The highest BCUT2D eigenvalue weighted by Crippen LogP contribution is 2.31. The quantitative estimate of drug-likeness (QED) is 0.615. The zero-order valence-corrected chi connectivity index (χ0v) is 17.9. The minimum atomic E-state index is -0.141. The molecule has 30 heavy (non-hydrogen) atoms. The number of benzene rings is 1. The molecule has 1 aliphatic rings. The fourth-order valence-electron chi connectivity index (χ4n) is 3.79. The van der Waals surface area contributed by atoms with Gasteiger partial charge in [0.05, 0.1) is 28.9 Å². The van der Waals surface area contributed by atoms with E-state index in [2.05, 4.69) is 10.3 Å². The summed E-state index contributed by atoms with van der Waals surface area (Å²) in [5.41, 5.74) is 4.72. The Bertz CT molecular complexity index is 1080. The van der Waals surface area contributed by atoms with E-state index in [1.165, 1.54) is 11.3 Å². The number of fused-ring (bicyclic) bond motifs is 1. The minimum absolute atomic E-state index is 0.0239. The maximum Gasteiger partial charge on any atom is 0.265 e. The van der Waals surface area contributed by atoms with Gasteiger partial charge >= 0.3 is 0 Å². The first kappa shape index (κ1) is 20.4. The van der Waals surface area contributed by atoms with Gasteiger partial charge in [0, 0.05) is 43.7 Å². The van der Waals surface area contributed by atoms with Crippen molar-refractivity contribution in [3.63, 3.8) is 0 Å². The van der Waals surface area contributed by atoms with Crippen LogP contribution in [0.1, 0.15) is 43.8 Å². The standard InChI is InChI=1S/C22H24N4O3S/c1-14-20(30-13-24-14)22(28)26-9-7-15(12-26)19-11-17(21(27)23-8-10-29-2)16-5-3-4-6-18(16)25-19/h3-6,11,13,15H,7-10,12H2,1-2H3,(H,23,27). The number of nitrogens with one attached hydrogen (secondary N) is 1. The molecule has 0 saturated carbocycles. The van der Waals surface area contributed by atoms with Crippen LogP contribution < -0.4 is 5.32 Å². The molecule has 3 aromatic rings. The Morgan fingerprint density at radius 1 is 1.33 bits per heavy atom. The zero-order valence-electron chi connectivity index (χ0n) is 17.1. The van der Waals surface area contributed by atoms with E-state index in [1.54, 1.807) is 12.6 Å². The van der Waals surface area contributed by atoms with Crippen LogP contribution in [0.4, 0.5) is 0 Å². The van der Waals surface area contributed by atoms with Gasteiger partial charge in [-0.2, -0.15) is 0 Å². The van der Waals surface area contributed by atoms with Crippen LogP contribution in [0.2, 0.25) is 0 Å². The molecule has 1 aromatic carbocycles. The number of rotatable bonds is 6. The van der Waals surface area contributed by atoms with Crippen LogP contribution in [-0.2, 0) is 4.74 Å². The summed E-state index contributed by atoms with van der Waals surface area (Å²) in [6, 6.07) is 9.53. The molecule has 1 atom stereocenters. The highest BCUT2D eigenvalue weighted by Gasteiger charge is 2.31. The lowest BCUT2D eigenvalue weighted by Crippen LogP contribution is -2.29. The van der Waals surface area contributed by atoms with Crippen molar-refractivity contribution in [1.29, 1.82) is 0 Å². The molecule has 3 heterocycles. The summed E-state index contributed by atoms with van der Waals surface area (Å²) in [6.45, 7) is 4.02. The molecule has 1 aliphatic heterocycles. The molecule has 0 aliphatic carbocycles. The van der Waals surface area contributed by atoms with Crippen molar-refractivity contribution >= 4 is 34.1 Å². The zero-order chi connectivity index (χ0) is 21.1. The van der Waals surface area contributed by atoms with Crippen molar-refractivity contribution in [2.75, 3.05) is 33.4 Å². The SMILES string of the molecule is COCCNC(=O)c1cc(C2CCN(C(=O)c3scnc3C)C2)nc2ccccc12. The van der Waals surface area contributed by atoms with Gasteiger partial charge in [-0.1, -0.05) is 18.2 Å². The number of pyridine rings is 1. The van der Waals surface area contributed by atoms with Gasteiger partial charge in [-0.25, -0.2) is 4.98 Å². The van der Waals surface area contributed by atoms with Crippen LogP contribution in [0.5, 0.6) is 0 Å². The van der Waals surface area contributed by atoms with Crippen LogP contribution in [0.3, 0.4) is 0 Å². The van der Waals surface area contributed by atoms with E-state index in [0.717, 1.165) is 28.7 Å². The van der Waals surface area contributed by atoms with Gasteiger partial charge in [0.1, 0.15) is 4.88 Å². The Morgan fingerprint density at radius 2 is 2.17 bits per heavy atom. The number of para-hydroxylation sites is 1. The van der Waals surface area contributed by atoms with Crippen LogP contribution in [0.15, 0.2) is 35.8 Å². The Kier molecular flexibility index (Phi) is 6.06. The molecular formula is C22H24N4O3S. The average molecular weight is 425 g/mol. The fraction of sp³-hybridized carbons (Fsp3) is 0.364. The molecule has 7 nitrogen and oxygen atoms in total. The highest BCUT2D eigenvalue weighted by molar-refractivity contribution is 7.11. The number of aryl methyl sites for hydroxylation is 1. The molecule has 0 spiro atoms. The second-order valence-electron chi connectivity index (χ2n) is 7.36. The summed E-state index contributed by atoms with van der Waals surface area (Å²) >= 11 is 1.38. The summed E-state index contributed by atoms with van der Waals surface area (Å²) in [5.74, 6) is -0.0220. The number of hydrogen-bond donors (Lipinski definition) is 1. The molecule has 156 valence electrons. The number of hydrogen-bond acceptors (Lipinski definition) is 6. The number of carbonyl (C=O) groups excluding carboxylic acids is 2. The van der Waals surface area contributed by atoms with Gasteiger partial charge in [-0.15, -0.1) is 11.3 Å². The van der Waals surface area contributed by atoms with Crippen molar-refractivity contribution in [3.05, 3.63) is 57.7 Å². The van der Waals surface area contributed by atoms with Crippen molar-refractivity contribution in [2.24, 2.45) is 0 Å². The Balaban J connectivity index is 1.59. The van der Waals surface area contributed by atoms with Crippen molar-refractivity contribution in [2.45, 2.75) is 19.3 Å². The van der Waals surface area contributed by atoms with Crippen LogP contribution in [0, 0.1) is 6.92 Å². The van der Waals surface area contributed by atoms with Crippen LogP contribution in [0.25, 0.3) is 10.9 Å². The highest BCUT2D eigenvalue weighted by atomic mass is 32.1. The van der Waals surface area contributed by atoms with Gasteiger partial charge in [-0.3, -0.25) is 14.6 Å². The topological polar surface area (TPSA) is 84.4 Å². The summed E-state index contributed by atoms with van der Waals surface area (Å²) in [4.78, 5) is 37.2. The number of thiazole rings is 1. The van der Waals surface area contributed by atoms with Gasteiger partial charge in [-0.05, 0) is 25.5 Å². The van der Waals surface area contributed by atoms with E-state index in [0.29, 0.717) is 36.7 Å². The predicted octanol–water partition coefficient (Wildman–Crippen LogP) is 3.01. The average Bonchev–Trinajstić information content (AvgIpc) is 3.42. The van der Waals surface area contributed by atoms with Crippen molar-refractivity contribution < 1.29 is 14.3 Å². The molecule has 1 saturated heterocycles.